The molecular formula is C41H88N2O4Si3. The molecule has 0 saturated carbocycles. The van der Waals surface area contributed by atoms with Crippen LogP contribution in [0.4, 0.5) is 0 Å². The summed E-state index contributed by atoms with van der Waals surface area (Å²) < 4.78 is 13.3. The summed E-state index contributed by atoms with van der Waals surface area (Å²) in [4.78, 5) is 25.5. The first-order valence-electron chi connectivity index (χ1n) is 21.6. The highest BCUT2D eigenvalue weighted by Gasteiger charge is 2.39. The highest BCUT2D eigenvalue weighted by atomic mass is 28.5. The van der Waals surface area contributed by atoms with Crippen LogP contribution in [0.3, 0.4) is 0 Å². The number of hydrogen-bond donors (Lipinski definition) is 2. The molecule has 1 atom stereocenters. The molecule has 0 aliphatic rings. The predicted octanol–water partition coefficient (Wildman–Crippen LogP) is 12.8. The van der Waals surface area contributed by atoms with Gasteiger partial charge in [-0.05, 0) is 70.6 Å². The molecule has 0 rings (SSSR count). The van der Waals surface area contributed by atoms with Gasteiger partial charge < -0.3 is 18.9 Å². The van der Waals surface area contributed by atoms with Crippen molar-refractivity contribution in [2.24, 2.45) is 5.92 Å². The Balaban J connectivity index is 3.90. The monoisotopic (exact) mass is 757 g/mol. The molecule has 0 aromatic heterocycles. The largest absolute Gasteiger partial charge is 0.437 e. The SMILES string of the molecule is CCCCCCCCCCCCCCCCCCNC(=O)C(NC(=O)CCCCCCCCCC[Si](C)(O[Si](C)(C)C)O[Si](C)(C)C)C(C)C. The van der Waals surface area contributed by atoms with E-state index in [4.69, 9.17) is 8.23 Å². The molecular weight excluding hydrogens is 669 g/mol. The molecule has 50 heavy (non-hydrogen) atoms. The maximum absolute atomic E-state index is 12.8. The molecule has 0 radical (unpaired) electrons. The van der Waals surface area contributed by atoms with E-state index in [9.17, 15) is 9.59 Å². The van der Waals surface area contributed by atoms with E-state index in [0.29, 0.717) is 13.0 Å². The van der Waals surface area contributed by atoms with Crippen LogP contribution in [0.15, 0.2) is 0 Å². The molecule has 2 amide bonds. The number of amides is 2. The van der Waals surface area contributed by atoms with Gasteiger partial charge in [0.2, 0.25) is 11.8 Å². The van der Waals surface area contributed by atoms with Crippen LogP contribution in [0.2, 0.25) is 51.9 Å². The molecule has 2 N–H and O–H groups in total. The summed E-state index contributed by atoms with van der Waals surface area (Å²) in [7, 11) is -5.36. The number of unbranched alkanes of at least 4 members (excludes halogenated alkanes) is 22. The summed E-state index contributed by atoms with van der Waals surface area (Å²) in [5.74, 6) is 0.0559. The van der Waals surface area contributed by atoms with Crippen LogP contribution >= 0.6 is 0 Å². The van der Waals surface area contributed by atoms with Crippen molar-refractivity contribution in [1.29, 1.82) is 0 Å². The Labute approximate surface area is 316 Å². The van der Waals surface area contributed by atoms with Crippen LogP contribution in [0, 0.1) is 5.92 Å². The van der Waals surface area contributed by atoms with Crippen LogP contribution in [0.1, 0.15) is 181 Å². The number of nitrogens with one attached hydrogen (secondary N) is 2. The zero-order valence-electron chi connectivity index (χ0n) is 35.4. The predicted molar refractivity (Wildman–Crippen MR) is 226 cm³/mol. The van der Waals surface area contributed by atoms with E-state index in [0.717, 1.165) is 25.3 Å². The van der Waals surface area contributed by atoms with Crippen LogP contribution in [-0.4, -0.2) is 49.6 Å². The van der Waals surface area contributed by atoms with E-state index in [1.165, 1.54) is 135 Å². The summed E-state index contributed by atoms with van der Waals surface area (Å²) in [6.07, 6.45) is 31.4. The van der Waals surface area contributed by atoms with Gasteiger partial charge in [0.25, 0.3) is 0 Å². The lowest BCUT2D eigenvalue weighted by molar-refractivity contribution is -0.130. The normalized spacial score (nSPS) is 13.2. The minimum atomic E-state index is -2.11. The van der Waals surface area contributed by atoms with Crippen LogP contribution in [0.5, 0.6) is 0 Å². The number of rotatable bonds is 35. The summed E-state index contributed by atoms with van der Waals surface area (Å²) in [5.41, 5.74) is 0. The Morgan fingerprint density at radius 3 is 1.26 bits per heavy atom. The van der Waals surface area contributed by atoms with Gasteiger partial charge in [-0.25, -0.2) is 0 Å². The molecule has 0 aromatic carbocycles. The van der Waals surface area contributed by atoms with Gasteiger partial charge in [0.1, 0.15) is 6.04 Å². The van der Waals surface area contributed by atoms with E-state index in [2.05, 4.69) is 63.4 Å². The molecule has 0 aromatic rings. The third kappa shape index (κ3) is 32.2. The molecule has 0 spiro atoms. The van der Waals surface area contributed by atoms with Crippen molar-refractivity contribution in [3.8, 4) is 0 Å². The van der Waals surface area contributed by atoms with Crippen molar-refractivity contribution in [1.82, 2.24) is 10.6 Å². The molecule has 0 bridgehead atoms. The van der Waals surface area contributed by atoms with Gasteiger partial charge in [-0.15, -0.1) is 0 Å². The highest BCUT2D eigenvalue weighted by Crippen LogP contribution is 2.27. The maximum Gasteiger partial charge on any atom is 0.314 e. The number of carbonyl (C=O) groups is 2. The van der Waals surface area contributed by atoms with E-state index in [1.807, 2.05) is 13.8 Å². The Morgan fingerprint density at radius 2 is 0.880 bits per heavy atom. The van der Waals surface area contributed by atoms with Crippen molar-refractivity contribution in [2.45, 2.75) is 239 Å². The maximum atomic E-state index is 12.8. The van der Waals surface area contributed by atoms with Crippen LogP contribution in [-0.2, 0) is 17.8 Å². The van der Waals surface area contributed by atoms with Crippen molar-refractivity contribution >= 4 is 37.0 Å². The van der Waals surface area contributed by atoms with Crippen LogP contribution in [0.25, 0.3) is 0 Å². The van der Waals surface area contributed by atoms with Gasteiger partial charge in [-0.3, -0.25) is 9.59 Å². The summed E-state index contributed by atoms with van der Waals surface area (Å²) in [5, 5.41) is 6.11. The quantitative estimate of drug-likeness (QED) is 0.0499. The summed E-state index contributed by atoms with van der Waals surface area (Å²) in [6, 6.07) is 0.659. The van der Waals surface area contributed by atoms with E-state index in [-0.39, 0.29) is 17.7 Å². The van der Waals surface area contributed by atoms with Gasteiger partial charge in [-0.1, -0.05) is 162 Å². The number of carbonyl (C=O) groups excluding carboxylic acids is 2. The Bertz CT molecular complexity index is 814. The van der Waals surface area contributed by atoms with Crippen molar-refractivity contribution in [3.05, 3.63) is 0 Å². The Hall–Kier alpha value is -0.489. The van der Waals surface area contributed by atoms with Crippen molar-refractivity contribution in [2.75, 3.05) is 6.54 Å². The van der Waals surface area contributed by atoms with Gasteiger partial charge in [0, 0.05) is 13.0 Å². The zero-order chi connectivity index (χ0) is 37.7. The molecule has 0 aliphatic heterocycles. The van der Waals surface area contributed by atoms with Gasteiger partial charge in [-0.2, -0.15) is 0 Å². The summed E-state index contributed by atoms with van der Waals surface area (Å²) in [6.45, 7) is 23.0. The molecule has 9 heteroatoms. The highest BCUT2D eigenvalue weighted by molar-refractivity contribution is 6.87. The average molecular weight is 757 g/mol. The molecule has 6 nitrogen and oxygen atoms in total. The second-order valence-corrected chi connectivity index (χ2v) is 30.6. The lowest BCUT2D eigenvalue weighted by Gasteiger charge is -2.38. The first kappa shape index (κ1) is 49.5. The second-order valence-electron chi connectivity index (χ2n) is 17.8. The second kappa shape index (κ2) is 29.9. The molecule has 298 valence electrons. The smallest absolute Gasteiger partial charge is 0.314 e. The van der Waals surface area contributed by atoms with Gasteiger partial charge in [0.15, 0.2) is 16.6 Å². The lowest BCUT2D eigenvalue weighted by atomic mass is 10.0. The third-order valence-electron chi connectivity index (χ3n) is 9.42. The minimum Gasteiger partial charge on any atom is -0.437 e. The molecule has 0 heterocycles. The van der Waals surface area contributed by atoms with Crippen molar-refractivity contribution < 1.29 is 17.8 Å². The first-order valence-corrected chi connectivity index (χ1v) is 30.9. The van der Waals surface area contributed by atoms with Crippen molar-refractivity contribution in [3.63, 3.8) is 0 Å². The average Bonchev–Trinajstić information content (AvgIpc) is 3.00. The Morgan fingerprint density at radius 1 is 0.520 bits per heavy atom. The van der Waals surface area contributed by atoms with Gasteiger partial charge in [0.05, 0.1) is 0 Å². The third-order valence-corrected chi connectivity index (χ3v) is 19.0. The summed E-state index contributed by atoms with van der Waals surface area (Å²) >= 11 is 0. The number of hydrogen-bond acceptors (Lipinski definition) is 4. The first-order chi connectivity index (χ1) is 23.6. The van der Waals surface area contributed by atoms with E-state index >= 15 is 0 Å². The molecule has 0 aliphatic carbocycles. The van der Waals surface area contributed by atoms with Gasteiger partial charge >= 0.3 is 8.56 Å². The molecule has 0 saturated heterocycles. The fourth-order valence-electron chi connectivity index (χ4n) is 6.99. The Kier molecular flexibility index (Phi) is 29.6. The fourth-order valence-corrected chi connectivity index (χ4v) is 19.6. The van der Waals surface area contributed by atoms with Crippen LogP contribution < -0.4 is 10.6 Å². The zero-order valence-corrected chi connectivity index (χ0v) is 38.4. The standard InChI is InChI=1S/C41H88N2O4Si3/c1-11-12-13-14-15-16-17-18-19-20-21-22-24-27-30-33-36-42-41(45)40(38(2)3)43-39(44)35-32-29-26-23-25-28-31-34-37-50(10,46-48(4,5)6)47-49(7,8)9/h38,40H,11-37H2,1-10H3,(H,42,45)(H,43,44). The van der Waals surface area contributed by atoms with E-state index in [1.54, 1.807) is 0 Å². The topological polar surface area (TPSA) is 76.7 Å². The van der Waals surface area contributed by atoms with E-state index < -0.39 is 31.2 Å². The lowest BCUT2D eigenvalue weighted by Crippen LogP contribution is -2.52. The minimum absolute atomic E-state index is 0.00884. The molecule has 0 fully saturated rings. The fraction of sp³-hybridized carbons (Fsp3) is 0.951. The molecule has 1 unspecified atom stereocenters.